The number of hydrogen-bond donors (Lipinski definition) is 1. The molecule has 3 heterocycles. The van der Waals surface area contributed by atoms with E-state index in [4.69, 9.17) is 4.42 Å². The molecule has 0 spiro atoms. The second kappa shape index (κ2) is 6.00. The number of anilines is 1. The molecule has 0 bridgehead atoms. The van der Waals surface area contributed by atoms with Crippen LogP contribution in [-0.2, 0) is 22.3 Å². The molecule has 2 aromatic heterocycles. The predicted octanol–water partition coefficient (Wildman–Crippen LogP) is 3.10. The van der Waals surface area contributed by atoms with Gasteiger partial charge in [-0.2, -0.15) is 5.10 Å². The third-order valence-corrected chi connectivity index (χ3v) is 5.43. The van der Waals surface area contributed by atoms with Gasteiger partial charge in [0.15, 0.2) is 5.76 Å². The van der Waals surface area contributed by atoms with Gasteiger partial charge in [0.05, 0.1) is 29.2 Å². The molecule has 0 saturated heterocycles. The summed E-state index contributed by atoms with van der Waals surface area (Å²) in [7, 11) is -0.974. The van der Waals surface area contributed by atoms with E-state index in [1.54, 1.807) is 16.8 Å². The van der Waals surface area contributed by atoms with Gasteiger partial charge in [0, 0.05) is 16.4 Å². The number of aryl methyl sites for hydroxylation is 2. The van der Waals surface area contributed by atoms with Gasteiger partial charge < -0.3 is 9.73 Å². The zero-order valence-electron chi connectivity index (χ0n) is 13.9. The summed E-state index contributed by atoms with van der Waals surface area (Å²) in [6.07, 6.45) is 1.45. The van der Waals surface area contributed by atoms with Gasteiger partial charge in [-0.1, -0.05) is 17.7 Å². The zero-order chi connectivity index (χ0) is 17.6. The van der Waals surface area contributed by atoms with Crippen LogP contribution >= 0.6 is 0 Å². The van der Waals surface area contributed by atoms with Gasteiger partial charge in [-0.3, -0.25) is 9.00 Å². The summed E-state index contributed by atoms with van der Waals surface area (Å²) in [6, 6.07) is 9.32. The number of carbonyl (C=O) groups is 1. The van der Waals surface area contributed by atoms with Crippen molar-refractivity contribution in [1.29, 1.82) is 0 Å². The van der Waals surface area contributed by atoms with Gasteiger partial charge in [-0.05, 0) is 37.6 Å². The Balaban J connectivity index is 1.81. The minimum Gasteiger partial charge on any atom is -0.459 e. The van der Waals surface area contributed by atoms with Crippen molar-refractivity contribution in [2.75, 3.05) is 5.32 Å². The molecule has 7 heteroatoms. The van der Waals surface area contributed by atoms with Crippen molar-refractivity contribution in [2.24, 2.45) is 0 Å². The summed E-state index contributed by atoms with van der Waals surface area (Å²) >= 11 is 0. The van der Waals surface area contributed by atoms with E-state index >= 15 is 0 Å². The Morgan fingerprint density at radius 3 is 2.84 bits per heavy atom. The molecule has 3 aromatic rings. The normalized spacial score (nSPS) is 16.0. The molecule has 6 nitrogen and oxygen atoms in total. The smallest absolute Gasteiger partial charge is 0.292 e. The lowest BCUT2D eigenvalue weighted by molar-refractivity contribution is 0.0996. The predicted molar refractivity (Wildman–Crippen MR) is 95.2 cm³/mol. The van der Waals surface area contributed by atoms with Crippen LogP contribution in [0.2, 0.25) is 0 Å². The number of rotatable bonds is 3. The van der Waals surface area contributed by atoms with Crippen molar-refractivity contribution in [3.63, 3.8) is 0 Å². The summed E-state index contributed by atoms with van der Waals surface area (Å²) in [5.41, 5.74) is 4.70. The van der Waals surface area contributed by atoms with Crippen molar-refractivity contribution >= 4 is 22.5 Å². The lowest BCUT2D eigenvalue weighted by Crippen LogP contribution is -2.16. The summed E-state index contributed by atoms with van der Waals surface area (Å²) in [6.45, 7) is 4.04. The third kappa shape index (κ3) is 2.80. The number of benzene rings is 1. The van der Waals surface area contributed by atoms with Gasteiger partial charge in [0.1, 0.15) is 5.82 Å². The maximum atomic E-state index is 12.5. The van der Waals surface area contributed by atoms with Crippen molar-refractivity contribution in [2.45, 2.75) is 25.4 Å². The molecule has 1 aromatic carbocycles. The van der Waals surface area contributed by atoms with Crippen LogP contribution in [0.4, 0.5) is 5.82 Å². The SMILES string of the molecule is Cc1ccc(-n2nc3c(c2NC(=O)c2ccco2)C[S@](=O)C3)c(C)c1. The molecule has 1 aliphatic heterocycles. The fourth-order valence-corrected chi connectivity index (χ4v) is 4.31. The minimum absolute atomic E-state index is 0.223. The summed E-state index contributed by atoms with van der Waals surface area (Å²) in [4.78, 5) is 12.5. The van der Waals surface area contributed by atoms with E-state index in [0.717, 1.165) is 28.1 Å². The molecular weight excluding hydrogens is 338 g/mol. The Labute approximate surface area is 147 Å². The van der Waals surface area contributed by atoms with Crippen molar-refractivity contribution in [3.05, 3.63) is 64.7 Å². The number of fused-ring (bicyclic) bond motifs is 1. The number of carbonyl (C=O) groups excluding carboxylic acids is 1. The molecule has 0 radical (unpaired) electrons. The van der Waals surface area contributed by atoms with Crippen molar-refractivity contribution < 1.29 is 13.4 Å². The fourth-order valence-electron chi connectivity index (χ4n) is 3.05. The Hall–Kier alpha value is -2.67. The lowest BCUT2D eigenvalue weighted by atomic mass is 10.1. The average Bonchev–Trinajstić information content (AvgIpc) is 3.25. The molecule has 0 aliphatic carbocycles. The van der Waals surface area contributed by atoms with Crippen LogP contribution in [0.1, 0.15) is 32.9 Å². The van der Waals surface area contributed by atoms with Crippen LogP contribution in [0.15, 0.2) is 41.0 Å². The van der Waals surface area contributed by atoms with Gasteiger partial charge in [0.2, 0.25) is 0 Å². The van der Waals surface area contributed by atoms with Crippen LogP contribution in [0.5, 0.6) is 0 Å². The molecule has 1 aliphatic rings. The third-order valence-electron chi connectivity index (χ3n) is 4.23. The largest absolute Gasteiger partial charge is 0.459 e. The maximum absolute atomic E-state index is 12.5. The van der Waals surface area contributed by atoms with Gasteiger partial charge in [-0.15, -0.1) is 0 Å². The molecule has 128 valence electrons. The summed E-state index contributed by atoms with van der Waals surface area (Å²) in [5, 5.41) is 7.50. The minimum atomic E-state index is -0.974. The number of hydrogen-bond acceptors (Lipinski definition) is 4. The Morgan fingerprint density at radius 2 is 2.12 bits per heavy atom. The van der Waals surface area contributed by atoms with Crippen LogP contribution in [0.3, 0.4) is 0 Å². The number of furan rings is 1. The number of nitrogens with one attached hydrogen (secondary N) is 1. The lowest BCUT2D eigenvalue weighted by Gasteiger charge is -2.13. The first-order chi connectivity index (χ1) is 12.0. The van der Waals surface area contributed by atoms with E-state index in [2.05, 4.69) is 16.5 Å². The van der Waals surface area contributed by atoms with Crippen LogP contribution in [-0.4, -0.2) is 19.9 Å². The van der Waals surface area contributed by atoms with Crippen molar-refractivity contribution in [3.8, 4) is 5.69 Å². The summed E-state index contributed by atoms with van der Waals surface area (Å²) in [5.74, 6) is 1.25. The number of nitrogens with zero attached hydrogens (tertiary/aromatic N) is 2. The molecule has 0 saturated carbocycles. The van der Waals surface area contributed by atoms with E-state index in [1.165, 1.54) is 6.26 Å². The topological polar surface area (TPSA) is 77.1 Å². The highest BCUT2D eigenvalue weighted by atomic mass is 32.2. The van der Waals surface area contributed by atoms with Gasteiger partial charge in [0.25, 0.3) is 5.91 Å². The van der Waals surface area contributed by atoms with Crippen LogP contribution < -0.4 is 5.32 Å². The second-order valence-electron chi connectivity index (χ2n) is 6.14. The fraction of sp³-hybridized carbons (Fsp3) is 0.222. The highest BCUT2D eigenvalue weighted by molar-refractivity contribution is 7.83. The molecule has 25 heavy (non-hydrogen) atoms. The molecule has 1 N–H and O–H groups in total. The van der Waals surface area contributed by atoms with E-state index in [1.807, 2.05) is 26.0 Å². The Morgan fingerprint density at radius 1 is 1.28 bits per heavy atom. The monoisotopic (exact) mass is 355 g/mol. The molecule has 0 unspecified atom stereocenters. The van der Waals surface area contributed by atoms with Crippen molar-refractivity contribution in [1.82, 2.24) is 9.78 Å². The highest BCUT2D eigenvalue weighted by Gasteiger charge is 2.29. The van der Waals surface area contributed by atoms with E-state index in [-0.39, 0.29) is 11.7 Å². The van der Waals surface area contributed by atoms with Crippen LogP contribution in [0, 0.1) is 13.8 Å². The molecular formula is C18H17N3O3S. The first kappa shape index (κ1) is 15.8. The molecule has 0 fully saturated rings. The van der Waals surface area contributed by atoms with Gasteiger partial charge >= 0.3 is 0 Å². The first-order valence-electron chi connectivity index (χ1n) is 7.91. The highest BCUT2D eigenvalue weighted by Crippen LogP contribution is 2.32. The number of aromatic nitrogens is 2. The van der Waals surface area contributed by atoms with E-state index < -0.39 is 10.8 Å². The Bertz CT molecular complexity index is 989. The number of amides is 1. The quantitative estimate of drug-likeness (QED) is 0.783. The second-order valence-corrected chi connectivity index (χ2v) is 7.59. The molecule has 1 amide bonds. The van der Waals surface area contributed by atoms with Gasteiger partial charge in [-0.25, -0.2) is 4.68 Å². The standard InChI is InChI=1S/C18H17N3O3S/c1-11-5-6-15(12(2)8-11)21-17(13-9-25(23)10-14(13)20-21)19-18(22)16-4-3-7-24-16/h3-8H,9-10H2,1-2H3,(H,19,22)/t25-/m0/s1. The maximum Gasteiger partial charge on any atom is 0.292 e. The average molecular weight is 355 g/mol. The van der Waals surface area contributed by atoms with Crippen LogP contribution in [0.25, 0.3) is 5.69 Å². The zero-order valence-corrected chi connectivity index (χ0v) is 14.7. The van der Waals surface area contributed by atoms with E-state index in [0.29, 0.717) is 17.3 Å². The molecule has 4 rings (SSSR count). The Kier molecular flexibility index (Phi) is 3.80. The molecule has 1 atom stereocenters. The summed E-state index contributed by atoms with van der Waals surface area (Å²) < 4.78 is 18.8. The first-order valence-corrected chi connectivity index (χ1v) is 9.40. The van der Waals surface area contributed by atoms with E-state index in [9.17, 15) is 9.00 Å².